The Balaban J connectivity index is 1.79. The summed E-state index contributed by atoms with van der Waals surface area (Å²) < 4.78 is 5.50. The number of benzene rings is 2. The predicted molar refractivity (Wildman–Crippen MR) is 90.9 cm³/mol. The van der Waals surface area contributed by atoms with Gasteiger partial charge in [-0.05, 0) is 12.1 Å². The topological polar surface area (TPSA) is 102 Å². The van der Waals surface area contributed by atoms with Crippen molar-refractivity contribution < 1.29 is 19.6 Å². The van der Waals surface area contributed by atoms with Crippen molar-refractivity contribution in [1.29, 1.82) is 0 Å². The molecule has 1 unspecified atom stereocenters. The molecule has 2 aromatic carbocycles. The molecule has 0 spiro atoms. The van der Waals surface area contributed by atoms with Crippen LogP contribution in [0.5, 0.6) is 5.75 Å². The van der Waals surface area contributed by atoms with Gasteiger partial charge in [-0.2, -0.15) is 0 Å². The molecule has 0 fully saturated rings. The van der Waals surface area contributed by atoms with Gasteiger partial charge in [0.15, 0.2) is 0 Å². The molecule has 0 aromatic heterocycles. The molecule has 0 radical (unpaired) electrons. The van der Waals surface area contributed by atoms with Crippen LogP contribution in [0.4, 0.5) is 5.69 Å². The van der Waals surface area contributed by atoms with Gasteiger partial charge in [-0.3, -0.25) is 14.9 Å². The summed E-state index contributed by atoms with van der Waals surface area (Å²) >= 11 is 5.97. The number of para-hydroxylation sites is 1. The van der Waals surface area contributed by atoms with Gasteiger partial charge < -0.3 is 15.2 Å². The van der Waals surface area contributed by atoms with E-state index in [0.29, 0.717) is 24.3 Å². The van der Waals surface area contributed by atoms with Gasteiger partial charge in [-0.1, -0.05) is 29.8 Å². The quantitative estimate of drug-likeness (QED) is 0.643. The third-order valence-corrected chi connectivity index (χ3v) is 4.44. The van der Waals surface area contributed by atoms with Crippen molar-refractivity contribution in [3.63, 3.8) is 0 Å². The lowest BCUT2D eigenvalue weighted by atomic mass is 9.88. The van der Waals surface area contributed by atoms with Crippen LogP contribution in [0.25, 0.3) is 0 Å². The lowest BCUT2D eigenvalue weighted by Crippen LogP contribution is -2.44. The zero-order chi connectivity index (χ0) is 18.0. The first-order valence-electron chi connectivity index (χ1n) is 7.57. The van der Waals surface area contributed by atoms with E-state index in [0.717, 1.165) is 6.07 Å². The number of nitro groups is 1. The van der Waals surface area contributed by atoms with E-state index >= 15 is 0 Å². The Morgan fingerprint density at radius 2 is 2.12 bits per heavy atom. The van der Waals surface area contributed by atoms with E-state index in [2.05, 4.69) is 5.32 Å². The number of hydrogen-bond acceptors (Lipinski definition) is 5. The van der Waals surface area contributed by atoms with Crippen molar-refractivity contribution in [2.75, 3.05) is 13.2 Å². The molecule has 7 nitrogen and oxygen atoms in total. The fourth-order valence-electron chi connectivity index (χ4n) is 2.75. The van der Waals surface area contributed by atoms with Crippen molar-refractivity contribution >= 4 is 23.2 Å². The fourth-order valence-corrected chi connectivity index (χ4v) is 2.95. The summed E-state index contributed by atoms with van der Waals surface area (Å²) in [7, 11) is 0. The number of nitro benzene ring substituents is 1. The number of amides is 1. The Kier molecular flexibility index (Phi) is 4.61. The summed E-state index contributed by atoms with van der Waals surface area (Å²) in [5.74, 6) is -0.0232. The molecule has 0 saturated heterocycles. The number of rotatable bonds is 4. The molecule has 2 N–H and O–H groups in total. The predicted octanol–water partition coefficient (Wildman–Crippen LogP) is 2.65. The number of nitrogens with one attached hydrogen (secondary N) is 1. The summed E-state index contributed by atoms with van der Waals surface area (Å²) in [4.78, 5) is 22.6. The smallest absolute Gasteiger partial charge is 0.270 e. The van der Waals surface area contributed by atoms with E-state index in [1.165, 1.54) is 12.1 Å². The minimum atomic E-state index is -1.28. The van der Waals surface area contributed by atoms with Crippen LogP contribution in [0.2, 0.25) is 5.02 Å². The number of hydrogen-bond donors (Lipinski definition) is 2. The average molecular weight is 363 g/mol. The molecule has 1 aliphatic rings. The highest BCUT2D eigenvalue weighted by Crippen LogP contribution is 2.36. The standard InChI is InChI=1S/C17H15ClN2O5/c18-14-6-5-11(20(23)24)9-12(14)16(21)19-10-17(22)7-8-25-15-4-2-1-3-13(15)17/h1-6,9,22H,7-8,10H2,(H,19,21). The summed E-state index contributed by atoms with van der Waals surface area (Å²) in [6.07, 6.45) is 0.312. The molecule has 130 valence electrons. The second kappa shape index (κ2) is 6.70. The maximum absolute atomic E-state index is 12.4. The second-order valence-corrected chi connectivity index (χ2v) is 6.14. The summed E-state index contributed by atoms with van der Waals surface area (Å²) in [5, 5.41) is 24.5. The summed E-state index contributed by atoms with van der Waals surface area (Å²) in [6.45, 7) is 0.256. The highest BCUT2D eigenvalue weighted by molar-refractivity contribution is 6.33. The Labute approximate surface area is 148 Å². The summed E-state index contributed by atoms with van der Waals surface area (Å²) in [6, 6.07) is 10.7. The van der Waals surface area contributed by atoms with E-state index in [1.807, 2.05) is 0 Å². The lowest BCUT2D eigenvalue weighted by Gasteiger charge is -2.34. The highest BCUT2D eigenvalue weighted by atomic mass is 35.5. The van der Waals surface area contributed by atoms with Crippen molar-refractivity contribution in [3.05, 3.63) is 68.7 Å². The molecular formula is C17H15ClN2O5. The number of ether oxygens (including phenoxy) is 1. The molecule has 1 atom stereocenters. The first-order valence-corrected chi connectivity index (χ1v) is 7.95. The maximum atomic E-state index is 12.4. The van der Waals surface area contributed by atoms with Crippen LogP contribution in [0.3, 0.4) is 0 Å². The number of aliphatic hydroxyl groups is 1. The molecule has 1 amide bonds. The number of nitrogens with zero attached hydrogens (tertiary/aromatic N) is 1. The van der Waals surface area contributed by atoms with Crippen molar-refractivity contribution in [1.82, 2.24) is 5.32 Å². The number of non-ortho nitro benzene ring substituents is 1. The molecule has 2 aromatic rings. The molecule has 3 rings (SSSR count). The van der Waals surface area contributed by atoms with Crippen LogP contribution < -0.4 is 10.1 Å². The van der Waals surface area contributed by atoms with Crippen LogP contribution in [-0.2, 0) is 5.60 Å². The first kappa shape index (κ1) is 17.2. The van der Waals surface area contributed by atoms with Crippen LogP contribution in [0.15, 0.2) is 42.5 Å². The Hall–Kier alpha value is -2.64. The first-order chi connectivity index (χ1) is 11.9. The lowest BCUT2D eigenvalue weighted by molar-refractivity contribution is -0.384. The molecule has 8 heteroatoms. The molecule has 25 heavy (non-hydrogen) atoms. The van der Waals surface area contributed by atoms with E-state index < -0.39 is 16.4 Å². The zero-order valence-electron chi connectivity index (χ0n) is 13.1. The van der Waals surface area contributed by atoms with Crippen LogP contribution in [-0.4, -0.2) is 29.1 Å². The average Bonchev–Trinajstić information content (AvgIpc) is 2.60. The van der Waals surface area contributed by atoms with Gasteiger partial charge >= 0.3 is 0 Å². The molecule has 1 aliphatic heterocycles. The van der Waals surface area contributed by atoms with Crippen molar-refractivity contribution in [2.24, 2.45) is 0 Å². The van der Waals surface area contributed by atoms with Gasteiger partial charge in [0.2, 0.25) is 0 Å². The molecular weight excluding hydrogens is 348 g/mol. The van der Waals surface area contributed by atoms with Gasteiger partial charge in [-0.15, -0.1) is 0 Å². The van der Waals surface area contributed by atoms with E-state index in [1.54, 1.807) is 24.3 Å². The van der Waals surface area contributed by atoms with Crippen LogP contribution in [0.1, 0.15) is 22.3 Å². The Bertz CT molecular complexity index is 842. The van der Waals surface area contributed by atoms with Gasteiger partial charge in [0, 0.05) is 24.1 Å². The number of carbonyl (C=O) groups is 1. The molecule has 0 bridgehead atoms. The maximum Gasteiger partial charge on any atom is 0.270 e. The van der Waals surface area contributed by atoms with Crippen LogP contribution in [0, 0.1) is 10.1 Å². The molecule has 0 aliphatic carbocycles. The van der Waals surface area contributed by atoms with E-state index in [4.69, 9.17) is 16.3 Å². The SMILES string of the molecule is O=C(NCC1(O)CCOc2ccccc21)c1cc([N+](=O)[O-])ccc1Cl. The minimum Gasteiger partial charge on any atom is -0.493 e. The monoisotopic (exact) mass is 362 g/mol. The Morgan fingerprint density at radius 1 is 1.36 bits per heavy atom. The number of halogens is 1. The number of fused-ring (bicyclic) bond motifs is 1. The van der Waals surface area contributed by atoms with Gasteiger partial charge in [0.25, 0.3) is 11.6 Å². The summed E-state index contributed by atoms with van der Waals surface area (Å²) in [5.41, 5.74) is -0.936. The largest absolute Gasteiger partial charge is 0.493 e. The van der Waals surface area contributed by atoms with E-state index in [-0.39, 0.29) is 22.8 Å². The van der Waals surface area contributed by atoms with Crippen LogP contribution >= 0.6 is 11.6 Å². The Morgan fingerprint density at radius 3 is 2.88 bits per heavy atom. The van der Waals surface area contributed by atoms with Crippen molar-refractivity contribution in [2.45, 2.75) is 12.0 Å². The molecule has 0 saturated carbocycles. The van der Waals surface area contributed by atoms with Gasteiger partial charge in [0.05, 0.1) is 28.7 Å². The van der Waals surface area contributed by atoms with Gasteiger partial charge in [0.1, 0.15) is 11.4 Å². The third kappa shape index (κ3) is 3.42. The van der Waals surface area contributed by atoms with E-state index in [9.17, 15) is 20.0 Å². The van der Waals surface area contributed by atoms with Gasteiger partial charge in [-0.25, -0.2) is 0 Å². The molecule has 1 heterocycles. The second-order valence-electron chi connectivity index (χ2n) is 5.73. The third-order valence-electron chi connectivity index (χ3n) is 4.11. The fraction of sp³-hybridized carbons (Fsp3) is 0.235. The normalized spacial score (nSPS) is 18.8. The number of carbonyl (C=O) groups excluding carboxylic acids is 1. The van der Waals surface area contributed by atoms with Crippen molar-refractivity contribution in [3.8, 4) is 5.75 Å². The zero-order valence-corrected chi connectivity index (χ0v) is 13.8. The minimum absolute atomic E-state index is 0.0141. The highest BCUT2D eigenvalue weighted by Gasteiger charge is 2.36.